The summed E-state index contributed by atoms with van der Waals surface area (Å²) in [6.45, 7) is 3.15. The quantitative estimate of drug-likeness (QED) is 0.901. The van der Waals surface area contributed by atoms with Crippen molar-refractivity contribution in [3.8, 4) is 0 Å². The second kappa shape index (κ2) is 7.11. The number of methoxy groups -OCH3 is 1. The van der Waals surface area contributed by atoms with E-state index in [4.69, 9.17) is 9.47 Å². The molecule has 0 bridgehead atoms. The molecular weight excluding hydrogens is 244 g/mol. The smallest absolute Gasteiger partial charge is 0.322 e. The van der Waals surface area contributed by atoms with E-state index in [1.165, 1.54) is 0 Å². The van der Waals surface area contributed by atoms with E-state index in [2.05, 4.69) is 5.32 Å². The number of hydrogen-bond acceptors (Lipinski definition) is 3. The van der Waals surface area contributed by atoms with E-state index < -0.39 is 0 Å². The van der Waals surface area contributed by atoms with Gasteiger partial charge in [0, 0.05) is 25.9 Å². The van der Waals surface area contributed by atoms with Gasteiger partial charge in [-0.1, -0.05) is 18.2 Å². The minimum Gasteiger partial charge on any atom is -0.384 e. The molecule has 104 valence electrons. The zero-order valence-electron chi connectivity index (χ0n) is 11.2. The van der Waals surface area contributed by atoms with Gasteiger partial charge in [0.15, 0.2) is 0 Å². The van der Waals surface area contributed by atoms with Crippen LogP contribution in [-0.4, -0.2) is 51.0 Å². The van der Waals surface area contributed by atoms with E-state index in [9.17, 15) is 4.79 Å². The Balaban J connectivity index is 1.99. The summed E-state index contributed by atoms with van der Waals surface area (Å²) >= 11 is 0. The fraction of sp³-hybridized carbons (Fsp3) is 0.500. The van der Waals surface area contributed by atoms with Crippen LogP contribution in [0.3, 0.4) is 0 Å². The molecule has 5 nitrogen and oxygen atoms in total. The molecule has 1 N–H and O–H groups in total. The molecule has 1 aliphatic rings. The highest BCUT2D eigenvalue weighted by atomic mass is 16.5. The molecular formula is C14H20N2O3. The van der Waals surface area contributed by atoms with Gasteiger partial charge in [-0.05, 0) is 18.1 Å². The fourth-order valence-electron chi connectivity index (χ4n) is 2.03. The Kier molecular flexibility index (Phi) is 5.18. The van der Waals surface area contributed by atoms with Gasteiger partial charge in [-0.25, -0.2) is 4.79 Å². The highest BCUT2D eigenvalue weighted by Gasteiger charge is 2.17. The van der Waals surface area contributed by atoms with Crippen LogP contribution in [0.25, 0.3) is 0 Å². The number of nitrogens with zero attached hydrogens (tertiary/aromatic N) is 1. The van der Waals surface area contributed by atoms with Crippen molar-refractivity contribution in [2.45, 2.75) is 6.42 Å². The largest absolute Gasteiger partial charge is 0.384 e. The third-order valence-corrected chi connectivity index (χ3v) is 3.13. The zero-order chi connectivity index (χ0) is 13.5. The number of benzene rings is 1. The van der Waals surface area contributed by atoms with Crippen molar-refractivity contribution in [3.63, 3.8) is 0 Å². The molecule has 5 heteroatoms. The number of hydrogen-bond donors (Lipinski definition) is 1. The van der Waals surface area contributed by atoms with Gasteiger partial charge in [0.2, 0.25) is 0 Å². The average Bonchev–Trinajstić information content (AvgIpc) is 2.47. The SMILES string of the molecule is COCCc1ccccc1NC(=O)N1CCOCC1. The van der Waals surface area contributed by atoms with Crippen molar-refractivity contribution < 1.29 is 14.3 Å². The van der Waals surface area contributed by atoms with Crippen molar-refractivity contribution in [2.75, 3.05) is 45.3 Å². The monoisotopic (exact) mass is 264 g/mol. The molecule has 0 atom stereocenters. The maximum absolute atomic E-state index is 12.1. The number of carbonyl (C=O) groups is 1. The second-order valence-electron chi connectivity index (χ2n) is 4.43. The molecule has 1 aliphatic heterocycles. The molecule has 1 heterocycles. The van der Waals surface area contributed by atoms with E-state index in [0.717, 1.165) is 17.7 Å². The molecule has 19 heavy (non-hydrogen) atoms. The van der Waals surface area contributed by atoms with Gasteiger partial charge in [-0.2, -0.15) is 0 Å². The Morgan fingerprint density at radius 2 is 2.11 bits per heavy atom. The third kappa shape index (κ3) is 3.94. The molecule has 0 aromatic heterocycles. The second-order valence-corrected chi connectivity index (χ2v) is 4.43. The van der Waals surface area contributed by atoms with Gasteiger partial charge < -0.3 is 19.7 Å². The number of para-hydroxylation sites is 1. The van der Waals surface area contributed by atoms with Gasteiger partial charge in [0.25, 0.3) is 0 Å². The minimum atomic E-state index is -0.0619. The van der Waals surface area contributed by atoms with E-state index in [1.807, 2.05) is 24.3 Å². The first-order valence-corrected chi connectivity index (χ1v) is 6.52. The highest BCUT2D eigenvalue weighted by molar-refractivity contribution is 5.90. The van der Waals surface area contributed by atoms with Crippen molar-refractivity contribution in [1.82, 2.24) is 4.90 Å². The van der Waals surface area contributed by atoms with Crippen LogP contribution in [0.5, 0.6) is 0 Å². The van der Waals surface area contributed by atoms with E-state index in [-0.39, 0.29) is 6.03 Å². The average molecular weight is 264 g/mol. The highest BCUT2D eigenvalue weighted by Crippen LogP contribution is 2.16. The summed E-state index contributed by atoms with van der Waals surface area (Å²) < 4.78 is 10.3. The van der Waals surface area contributed by atoms with Gasteiger partial charge >= 0.3 is 6.03 Å². The molecule has 1 saturated heterocycles. The normalized spacial score (nSPS) is 15.3. The van der Waals surface area contributed by atoms with Crippen molar-refractivity contribution in [3.05, 3.63) is 29.8 Å². The lowest BCUT2D eigenvalue weighted by molar-refractivity contribution is 0.0564. The number of rotatable bonds is 4. The van der Waals surface area contributed by atoms with Gasteiger partial charge in [-0.3, -0.25) is 0 Å². The van der Waals surface area contributed by atoms with Crippen molar-refractivity contribution in [1.29, 1.82) is 0 Å². The molecule has 0 spiro atoms. The molecule has 0 saturated carbocycles. The fourth-order valence-corrected chi connectivity index (χ4v) is 2.03. The first kappa shape index (κ1) is 13.8. The van der Waals surface area contributed by atoms with E-state index in [0.29, 0.717) is 32.9 Å². The summed E-state index contributed by atoms with van der Waals surface area (Å²) in [4.78, 5) is 13.9. The van der Waals surface area contributed by atoms with Gasteiger partial charge in [0.05, 0.1) is 19.8 Å². The number of amides is 2. The molecule has 0 aliphatic carbocycles. The summed E-state index contributed by atoms with van der Waals surface area (Å²) in [6, 6.07) is 7.76. The number of ether oxygens (including phenoxy) is 2. The van der Waals surface area contributed by atoms with Crippen LogP contribution in [0.4, 0.5) is 10.5 Å². The van der Waals surface area contributed by atoms with E-state index in [1.54, 1.807) is 12.0 Å². The number of carbonyl (C=O) groups excluding carboxylic acids is 1. The summed E-state index contributed by atoms with van der Waals surface area (Å²) in [5, 5.41) is 2.97. The molecule has 2 amide bonds. The summed E-state index contributed by atoms with van der Waals surface area (Å²) in [5.74, 6) is 0. The van der Waals surface area contributed by atoms with Crippen LogP contribution in [0.15, 0.2) is 24.3 Å². The van der Waals surface area contributed by atoms with Crippen molar-refractivity contribution in [2.24, 2.45) is 0 Å². The Bertz CT molecular complexity index is 417. The maximum Gasteiger partial charge on any atom is 0.322 e. The molecule has 1 fully saturated rings. The Morgan fingerprint density at radius 1 is 1.37 bits per heavy atom. The first-order valence-electron chi connectivity index (χ1n) is 6.52. The van der Waals surface area contributed by atoms with Crippen LogP contribution >= 0.6 is 0 Å². The van der Waals surface area contributed by atoms with Gasteiger partial charge in [-0.15, -0.1) is 0 Å². The van der Waals surface area contributed by atoms with Gasteiger partial charge in [0.1, 0.15) is 0 Å². The zero-order valence-corrected chi connectivity index (χ0v) is 11.2. The molecule has 0 radical (unpaired) electrons. The number of nitrogens with one attached hydrogen (secondary N) is 1. The van der Waals surface area contributed by atoms with Crippen LogP contribution < -0.4 is 5.32 Å². The third-order valence-electron chi connectivity index (χ3n) is 3.13. The number of anilines is 1. The van der Waals surface area contributed by atoms with Crippen LogP contribution in [-0.2, 0) is 15.9 Å². The summed E-state index contributed by atoms with van der Waals surface area (Å²) in [6.07, 6.45) is 0.788. The standard InChI is InChI=1S/C14H20N2O3/c1-18-9-6-12-4-2-3-5-13(12)15-14(17)16-7-10-19-11-8-16/h2-5H,6-11H2,1H3,(H,15,17). The Labute approximate surface area is 113 Å². The van der Waals surface area contributed by atoms with Crippen LogP contribution in [0, 0.1) is 0 Å². The van der Waals surface area contributed by atoms with E-state index >= 15 is 0 Å². The summed E-state index contributed by atoms with van der Waals surface area (Å²) in [7, 11) is 1.68. The Morgan fingerprint density at radius 3 is 2.84 bits per heavy atom. The number of urea groups is 1. The molecule has 1 aromatic rings. The predicted molar refractivity (Wildman–Crippen MR) is 73.4 cm³/mol. The lowest BCUT2D eigenvalue weighted by Crippen LogP contribution is -2.43. The predicted octanol–water partition coefficient (Wildman–Crippen LogP) is 1.74. The molecule has 2 rings (SSSR count). The lowest BCUT2D eigenvalue weighted by Gasteiger charge is -2.27. The number of morpholine rings is 1. The molecule has 1 aromatic carbocycles. The topological polar surface area (TPSA) is 50.8 Å². The first-order chi connectivity index (χ1) is 9.31. The summed E-state index contributed by atoms with van der Waals surface area (Å²) in [5.41, 5.74) is 1.95. The molecule has 0 unspecified atom stereocenters. The van der Waals surface area contributed by atoms with Crippen molar-refractivity contribution >= 4 is 11.7 Å². The Hall–Kier alpha value is -1.59. The lowest BCUT2D eigenvalue weighted by atomic mass is 10.1. The van der Waals surface area contributed by atoms with Crippen LogP contribution in [0.2, 0.25) is 0 Å². The van der Waals surface area contributed by atoms with Crippen LogP contribution in [0.1, 0.15) is 5.56 Å². The maximum atomic E-state index is 12.1. The minimum absolute atomic E-state index is 0.0619.